The Morgan fingerprint density at radius 2 is 1.70 bits per heavy atom. The first-order valence-corrected chi connectivity index (χ1v) is 8.87. The Bertz CT molecular complexity index is 368. The lowest BCUT2D eigenvalue weighted by atomic mass is 10.0. The van der Waals surface area contributed by atoms with E-state index in [1.807, 2.05) is 0 Å². The van der Waals surface area contributed by atoms with E-state index in [9.17, 15) is 23.8 Å². The van der Waals surface area contributed by atoms with Crippen molar-refractivity contribution >= 4 is 14.3 Å². The van der Waals surface area contributed by atoms with E-state index in [1.54, 1.807) is 20.8 Å². The highest BCUT2D eigenvalue weighted by molar-refractivity contribution is 6.74. The third-order valence-corrected chi connectivity index (χ3v) is 7.99. The molecule has 0 spiro atoms. The molecule has 0 aromatic rings. The highest BCUT2D eigenvalue weighted by Gasteiger charge is 2.66. The first-order valence-electron chi connectivity index (χ1n) is 5.96. The molecule has 0 aromatic carbocycles. The Balaban J connectivity index is 5.79. The summed E-state index contributed by atoms with van der Waals surface area (Å²) < 4.78 is 32.5. The summed E-state index contributed by atoms with van der Waals surface area (Å²) in [5.41, 5.74) is 0. The van der Waals surface area contributed by atoms with Crippen molar-refractivity contribution < 1.29 is 38.4 Å². The van der Waals surface area contributed by atoms with Crippen molar-refractivity contribution in [3.05, 3.63) is 0 Å². The van der Waals surface area contributed by atoms with Crippen LogP contribution in [-0.4, -0.2) is 59.1 Å². The van der Waals surface area contributed by atoms with Crippen LogP contribution in [0.2, 0.25) is 18.1 Å². The molecule has 0 aromatic heterocycles. The fraction of sp³-hybridized carbons (Fsp3) is 0.909. The molecule has 20 heavy (non-hydrogen) atoms. The molecule has 0 heterocycles. The van der Waals surface area contributed by atoms with Crippen LogP contribution in [-0.2, 0) is 9.22 Å². The molecule has 120 valence electrons. The molecule has 9 heteroatoms. The first-order chi connectivity index (χ1) is 8.63. The van der Waals surface area contributed by atoms with Gasteiger partial charge in [0.1, 0.15) is 6.10 Å². The molecule has 0 bridgehead atoms. The van der Waals surface area contributed by atoms with Crippen molar-refractivity contribution in [1.82, 2.24) is 0 Å². The molecular formula is C11H22F2O6Si. The average Bonchev–Trinajstić information content (AvgIpc) is 2.24. The zero-order valence-electron chi connectivity index (χ0n) is 12.1. The van der Waals surface area contributed by atoms with Gasteiger partial charge in [-0.25, -0.2) is 4.79 Å². The number of alkyl halides is 2. The van der Waals surface area contributed by atoms with Gasteiger partial charge in [0.25, 0.3) is 5.79 Å². The van der Waals surface area contributed by atoms with E-state index in [2.05, 4.69) is 0 Å². The maximum absolute atomic E-state index is 13.7. The van der Waals surface area contributed by atoms with E-state index in [0.717, 1.165) is 0 Å². The fourth-order valence-corrected chi connectivity index (χ4v) is 2.51. The number of rotatable bonds is 6. The van der Waals surface area contributed by atoms with E-state index < -0.39 is 43.7 Å². The fourth-order valence-electron chi connectivity index (χ4n) is 1.16. The zero-order chi connectivity index (χ0) is 16.6. The molecule has 0 radical (unpaired) electrons. The topological polar surface area (TPSA) is 107 Å². The van der Waals surface area contributed by atoms with Gasteiger partial charge in [0.05, 0.1) is 6.61 Å². The summed E-state index contributed by atoms with van der Waals surface area (Å²) in [6.45, 7) is 6.78. The van der Waals surface area contributed by atoms with Gasteiger partial charge in [-0.05, 0) is 18.1 Å². The predicted octanol–water partition coefficient (Wildman–Crippen LogP) is 0.770. The Hall–Kier alpha value is -0.613. The summed E-state index contributed by atoms with van der Waals surface area (Å²) in [5.74, 6) is -11.1. The minimum absolute atomic E-state index is 0.620. The molecule has 0 saturated carbocycles. The minimum atomic E-state index is -4.77. The van der Waals surface area contributed by atoms with Gasteiger partial charge in [0.2, 0.25) is 0 Å². The van der Waals surface area contributed by atoms with Crippen LogP contribution in [0.15, 0.2) is 0 Å². The third kappa shape index (κ3) is 3.34. The molecule has 0 aliphatic heterocycles. The van der Waals surface area contributed by atoms with Gasteiger partial charge in [0.15, 0.2) is 8.32 Å². The molecule has 0 amide bonds. The van der Waals surface area contributed by atoms with Gasteiger partial charge in [-0.3, -0.25) is 0 Å². The summed E-state index contributed by atoms with van der Waals surface area (Å²) in [7, 11) is -3.04. The van der Waals surface area contributed by atoms with Crippen LogP contribution >= 0.6 is 0 Å². The second-order valence-electron chi connectivity index (χ2n) is 6.14. The maximum atomic E-state index is 13.7. The number of carboxylic acid groups (broad SMARTS) is 1. The monoisotopic (exact) mass is 316 g/mol. The van der Waals surface area contributed by atoms with Crippen molar-refractivity contribution in [3.8, 4) is 0 Å². The molecule has 6 nitrogen and oxygen atoms in total. The number of carbonyl (C=O) groups is 1. The average molecular weight is 316 g/mol. The van der Waals surface area contributed by atoms with Crippen molar-refractivity contribution in [2.24, 2.45) is 0 Å². The molecule has 2 atom stereocenters. The first kappa shape index (κ1) is 19.4. The molecule has 0 aliphatic carbocycles. The standard InChI is InChI=1S/C11H22F2O6Si/c1-9(2,3)20(4,5)19-11(18,7(15)6-14)10(12,13)8(16)17/h7,14-15,18H,6H2,1-5H3,(H,16,17)/t7-,11+/m1/s1. The number of halogens is 2. The molecule has 0 rings (SSSR count). The predicted molar refractivity (Wildman–Crippen MR) is 68.9 cm³/mol. The lowest BCUT2D eigenvalue weighted by Crippen LogP contribution is -2.67. The third-order valence-electron chi connectivity index (χ3n) is 3.56. The van der Waals surface area contributed by atoms with E-state index in [-0.39, 0.29) is 0 Å². The second kappa shape index (κ2) is 5.64. The maximum Gasteiger partial charge on any atom is 0.396 e. The van der Waals surface area contributed by atoms with Crippen LogP contribution in [0.5, 0.6) is 0 Å². The summed E-state index contributed by atoms with van der Waals surface area (Å²) in [6.07, 6.45) is -2.46. The highest BCUT2D eigenvalue weighted by Crippen LogP contribution is 2.43. The van der Waals surface area contributed by atoms with Crippen molar-refractivity contribution in [2.45, 2.75) is 56.7 Å². The summed E-state index contributed by atoms with van der Waals surface area (Å²) >= 11 is 0. The van der Waals surface area contributed by atoms with Gasteiger partial charge in [-0.15, -0.1) is 0 Å². The summed E-state index contributed by atoms with van der Waals surface area (Å²) in [4.78, 5) is 10.7. The molecule has 0 aliphatic rings. The van der Waals surface area contributed by atoms with Gasteiger partial charge >= 0.3 is 11.9 Å². The van der Waals surface area contributed by atoms with E-state index >= 15 is 0 Å². The molecule has 0 unspecified atom stereocenters. The number of hydrogen-bond acceptors (Lipinski definition) is 5. The number of aliphatic carboxylic acids is 1. The van der Waals surface area contributed by atoms with E-state index in [0.29, 0.717) is 0 Å². The summed E-state index contributed by atoms with van der Waals surface area (Å²) in [5, 5.41) is 36.1. The lowest BCUT2D eigenvalue weighted by Gasteiger charge is -2.45. The Kier molecular flexibility index (Phi) is 5.47. The van der Waals surface area contributed by atoms with Crippen LogP contribution in [0, 0.1) is 0 Å². The summed E-state index contributed by atoms with van der Waals surface area (Å²) in [6, 6.07) is 0. The Morgan fingerprint density at radius 1 is 1.30 bits per heavy atom. The van der Waals surface area contributed by atoms with Crippen LogP contribution in [0.3, 0.4) is 0 Å². The van der Waals surface area contributed by atoms with Gasteiger partial charge < -0.3 is 24.9 Å². The molecule has 0 saturated heterocycles. The molecular weight excluding hydrogens is 294 g/mol. The van der Waals surface area contributed by atoms with Crippen molar-refractivity contribution in [3.63, 3.8) is 0 Å². The molecule has 0 fully saturated rings. The Labute approximate surface area is 117 Å². The van der Waals surface area contributed by atoms with Crippen LogP contribution < -0.4 is 0 Å². The quantitative estimate of drug-likeness (QED) is 0.426. The van der Waals surface area contributed by atoms with E-state index in [4.69, 9.17) is 14.6 Å². The van der Waals surface area contributed by atoms with Crippen LogP contribution in [0.1, 0.15) is 20.8 Å². The van der Waals surface area contributed by atoms with Gasteiger partial charge in [-0.2, -0.15) is 8.78 Å². The SMILES string of the molecule is CC(C)(C)[Si](C)(C)O[C@@](O)([C@H](O)CO)C(F)(F)C(=O)O. The van der Waals surface area contributed by atoms with Crippen LogP contribution in [0.4, 0.5) is 8.78 Å². The largest absolute Gasteiger partial charge is 0.477 e. The van der Waals surface area contributed by atoms with E-state index in [1.165, 1.54) is 13.1 Å². The normalized spacial score (nSPS) is 18.5. The number of carboxylic acids is 1. The minimum Gasteiger partial charge on any atom is -0.477 e. The van der Waals surface area contributed by atoms with Crippen molar-refractivity contribution in [1.29, 1.82) is 0 Å². The van der Waals surface area contributed by atoms with Gasteiger partial charge in [0, 0.05) is 0 Å². The van der Waals surface area contributed by atoms with Gasteiger partial charge in [-0.1, -0.05) is 20.8 Å². The smallest absolute Gasteiger partial charge is 0.396 e. The number of aliphatic hydroxyl groups is 3. The lowest BCUT2D eigenvalue weighted by molar-refractivity contribution is -0.319. The van der Waals surface area contributed by atoms with Crippen LogP contribution in [0.25, 0.3) is 0 Å². The second-order valence-corrected chi connectivity index (χ2v) is 10.9. The van der Waals surface area contributed by atoms with Crippen molar-refractivity contribution in [2.75, 3.05) is 6.61 Å². The highest BCUT2D eigenvalue weighted by atomic mass is 28.4. The Morgan fingerprint density at radius 3 is 1.95 bits per heavy atom. The number of hydrogen-bond donors (Lipinski definition) is 4. The molecule has 4 N–H and O–H groups in total. The number of aliphatic hydroxyl groups excluding tert-OH is 2. The zero-order valence-corrected chi connectivity index (χ0v) is 13.1.